The zero-order valence-corrected chi connectivity index (χ0v) is 22.3. The van der Waals surface area contributed by atoms with Gasteiger partial charge in [-0.2, -0.15) is 0 Å². The average molecular weight is 604 g/mol. The first-order valence-electron chi connectivity index (χ1n) is 12.3. The Hall–Kier alpha value is -5.41. The number of methoxy groups -OCH3 is 1. The van der Waals surface area contributed by atoms with E-state index in [1.807, 2.05) is 0 Å². The number of anilines is 1. The third-order valence-corrected chi connectivity index (χ3v) is 6.23. The summed E-state index contributed by atoms with van der Waals surface area (Å²) in [7, 11) is 2.58. The standard InChI is InChI=1S/C27H21F5N6O5/c1-37-24-18(14-7-19(29)25(21(8-14)41-2)42-12-22-33-13-34-36-22)9-17(43-27(30,31)32)10-20(24)38(26(37)40)11-23(39)35-16-5-3-15(28)4-6-16/h3-10,13H,11-12H2,1-2H3,(H,35,39)(H,33,34,36). The number of nitrogens with zero attached hydrogens (tertiary/aromatic N) is 4. The molecule has 0 fully saturated rings. The summed E-state index contributed by atoms with van der Waals surface area (Å²) in [6.45, 7) is -0.808. The number of aromatic nitrogens is 5. The van der Waals surface area contributed by atoms with E-state index in [2.05, 4.69) is 25.2 Å². The Kier molecular flexibility index (Phi) is 7.76. The van der Waals surface area contributed by atoms with Gasteiger partial charge in [-0.15, -0.1) is 23.4 Å². The van der Waals surface area contributed by atoms with Gasteiger partial charge in [-0.3, -0.25) is 13.9 Å². The van der Waals surface area contributed by atoms with Crippen LogP contribution in [0.3, 0.4) is 0 Å². The first-order valence-corrected chi connectivity index (χ1v) is 12.3. The summed E-state index contributed by atoms with van der Waals surface area (Å²) in [6.07, 6.45) is -3.80. The van der Waals surface area contributed by atoms with Crippen molar-refractivity contribution in [3.8, 4) is 28.4 Å². The molecule has 0 saturated heterocycles. The van der Waals surface area contributed by atoms with Crippen molar-refractivity contribution >= 4 is 22.6 Å². The van der Waals surface area contributed by atoms with E-state index in [0.29, 0.717) is 5.82 Å². The number of alkyl halides is 3. The van der Waals surface area contributed by atoms with Crippen LogP contribution < -0.4 is 25.2 Å². The van der Waals surface area contributed by atoms with Gasteiger partial charge < -0.3 is 24.5 Å². The number of nitrogens with one attached hydrogen (secondary N) is 2. The minimum absolute atomic E-state index is 0.0162. The summed E-state index contributed by atoms with van der Waals surface area (Å²) in [5.74, 6) is -3.01. The first-order chi connectivity index (χ1) is 20.4. The van der Waals surface area contributed by atoms with Gasteiger partial charge in [-0.25, -0.2) is 13.6 Å². The summed E-state index contributed by atoms with van der Waals surface area (Å²) in [5.41, 5.74) is -0.575. The minimum atomic E-state index is -5.11. The molecule has 0 unspecified atom stereocenters. The summed E-state index contributed by atoms with van der Waals surface area (Å²) < 4.78 is 85.4. The second-order valence-electron chi connectivity index (χ2n) is 9.08. The van der Waals surface area contributed by atoms with Gasteiger partial charge in [-0.05, 0) is 48.0 Å². The monoisotopic (exact) mass is 604 g/mol. The summed E-state index contributed by atoms with van der Waals surface area (Å²) >= 11 is 0. The topological polar surface area (TPSA) is 125 Å². The van der Waals surface area contributed by atoms with Gasteiger partial charge in [0, 0.05) is 24.4 Å². The molecule has 16 heteroatoms. The van der Waals surface area contributed by atoms with Crippen LogP contribution in [0.5, 0.6) is 17.2 Å². The van der Waals surface area contributed by atoms with Crippen LogP contribution in [0.4, 0.5) is 27.6 Å². The molecule has 43 heavy (non-hydrogen) atoms. The molecule has 0 radical (unpaired) electrons. The highest BCUT2D eigenvalue weighted by Gasteiger charge is 2.32. The molecule has 0 aliphatic rings. The predicted molar refractivity (Wildman–Crippen MR) is 142 cm³/mol. The van der Waals surface area contributed by atoms with E-state index in [0.717, 1.165) is 39.5 Å². The Morgan fingerprint density at radius 1 is 1.09 bits per heavy atom. The number of halogens is 5. The number of H-pyrrole nitrogens is 1. The molecule has 0 bridgehead atoms. The predicted octanol–water partition coefficient (Wildman–Crippen LogP) is 4.53. The molecule has 5 aromatic rings. The molecule has 2 N–H and O–H groups in total. The van der Waals surface area contributed by atoms with Gasteiger partial charge in [0.2, 0.25) is 5.91 Å². The zero-order chi connectivity index (χ0) is 30.9. The molecule has 11 nitrogen and oxygen atoms in total. The lowest BCUT2D eigenvalue weighted by atomic mass is 10.0. The second-order valence-corrected chi connectivity index (χ2v) is 9.08. The highest BCUT2D eigenvalue weighted by molar-refractivity contribution is 5.96. The Bertz CT molecular complexity index is 1850. The summed E-state index contributed by atoms with van der Waals surface area (Å²) in [6, 6.07) is 9.07. The van der Waals surface area contributed by atoms with Crippen molar-refractivity contribution in [2.24, 2.45) is 7.05 Å². The Morgan fingerprint density at radius 3 is 2.49 bits per heavy atom. The van der Waals surface area contributed by atoms with E-state index in [1.165, 1.54) is 38.7 Å². The molecule has 0 saturated carbocycles. The number of fused-ring (bicyclic) bond motifs is 1. The van der Waals surface area contributed by atoms with Crippen LogP contribution in [0.25, 0.3) is 22.2 Å². The Balaban J connectivity index is 1.60. The zero-order valence-electron chi connectivity index (χ0n) is 22.3. The number of aryl methyl sites for hydroxylation is 1. The largest absolute Gasteiger partial charge is 0.573 e. The summed E-state index contributed by atoms with van der Waals surface area (Å²) in [4.78, 5) is 28.7. The van der Waals surface area contributed by atoms with Gasteiger partial charge in [-0.1, -0.05) is 0 Å². The number of carbonyl (C=O) groups excluding carboxylic acids is 1. The molecule has 3 aromatic carbocycles. The maximum absolute atomic E-state index is 15.4. The summed E-state index contributed by atoms with van der Waals surface area (Å²) in [5, 5.41) is 9.84. The minimum Gasteiger partial charge on any atom is -0.493 e. The van der Waals surface area contributed by atoms with Gasteiger partial charge in [0.1, 0.15) is 31.0 Å². The van der Waals surface area contributed by atoms with Gasteiger partial charge in [0.25, 0.3) is 0 Å². The number of benzene rings is 3. The number of rotatable bonds is 9. The third kappa shape index (κ3) is 6.27. The molecule has 1 amide bonds. The number of amides is 1. The van der Waals surface area contributed by atoms with E-state index in [4.69, 9.17) is 9.47 Å². The highest BCUT2D eigenvalue weighted by atomic mass is 19.4. The molecule has 224 valence electrons. The number of hydrogen-bond acceptors (Lipinski definition) is 7. The third-order valence-electron chi connectivity index (χ3n) is 6.23. The van der Waals surface area contributed by atoms with E-state index < -0.39 is 41.9 Å². The van der Waals surface area contributed by atoms with Crippen LogP contribution in [0, 0.1) is 11.6 Å². The average Bonchev–Trinajstić information content (AvgIpc) is 3.55. The molecule has 0 atom stereocenters. The van der Waals surface area contributed by atoms with Crippen molar-refractivity contribution in [2.75, 3.05) is 12.4 Å². The second kappa shape index (κ2) is 11.5. The van der Waals surface area contributed by atoms with Crippen molar-refractivity contribution in [1.29, 1.82) is 0 Å². The lowest BCUT2D eigenvalue weighted by molar-refractivity contribution is -0.274. The lowest BCUT2D eigenvalue weighted by Crippen LogP contribution is -2.28. The number of carbonyl (C=O) groups is 1. The molecular formula is C27H21F5N6O5. The molecule has 0 aliphatic heterocycles. The first kappa shape index (κ1) is 29.1. The van der Waals surface area contributed by atoms with Crippen molar-refractivity contribution in [2.45, 2.75) is 19.5 Å². The van der Waals surface area contributed by atoms with E-state index in [-0.39, 0.29) is 46.0 Å². The smallest absolute Gasteiger partial charge is 0.493 e. The quantitative estimate of drug-likeness (QED) is 0.237. The van der Waals surface area contributed by atoms with Crippen molar-refractivity contribution in [1.82, 2.24) is 24.3 Å². The van der Waals surface area contributed by atoms with Gasteiger partial charge in [0.15, 0.2) is 23.1 Å². The lowest BCUT2D eigenvalue weighted by Gasteiger charge is -2.15. The van der Waals surface area contributed by atoms with Crippen LogP contribution in [0.15, 0.2) is 59.7 Å². The molecule has 0 spiro atoms. The van der Waals surface area contributed by atoms with Crippen molar-refractivity contribution in [3.05, 3.63) is 82.8 Å². The van der Waals surface area contributed by atoms with Crippen LogP contribution in [-0.2, 0) is 25.0 Å². The highest BCUT2D eigenvalue weighted by Crippen LogP contribution is 2.40. The number of hydrogen-bond donors (Lipinski definition) is 2. The van der Waals surface area contributed by atoms with E-state index >= 15 is 4.39 Å². The molecule has 2 heterocycles. The SMILES string of the molecule is COc1cc(-c2cc(OC(F)(F)F)cc3c2n(C)c(=O)n3CC(=O)Nc2ccc(F)cc2)cc(F)c1OCc1nnc[nH]1. The maximum atomic E-state index is 15.4. The number of imidazole rings is 1. The van der Waals surface area contributed by atoms with Gasteiger partial charge in [0.05, 0.1) is 18.1 Å². The fourth-order valence-electron chi connectivity index (χ4n) is 4.43. The van der Waals surface area contributed by atoms with E-state index in [1.54, 1.807) is 0 Å². The fourth-order valence-corrected chi connectivity index (χ4v) is 4.43. The van der Waals surface area contributed by atoms with Crippen molar-refractivity contribution < 1.29 is 41.0 Å². The van der Waals surface area contributed by atoms with Crippen LogP contribution in [0.1, 0.15) is 5.82 Å². The van der Waals surface area contributed by atoms with E-state index in [9.17, 15) is 27.2 Å². The molecule has 5 rings (SSSR count). The van der Waals surface area contributed by atoms with Crippen LogP contribution in [-0.4, -0.2) is 43.7 Å². The number of ether oxygens (including phenoxy) is 3. The Labute approximate surface area is 238 Å². The van der Waals surface area contributed by atoms with Crippen molar-refractivity contribution in [3.63, 3.8) is 0 Å². The van der Waals surface area contributed by atoms with Gasteiger partial charge >= 0.3 is 12.1 Å². The Morgan fingerprint density at radius 2 is 1.84 bits per heavy atom. The van der Waals surface area contributed by atoms with Crippen LogP contribution >= 0.6 is 0 Å². The fraction of sp³-hybridized carbons (Fsp3) is 0.185. The molecular weight excluding hydrogens is 583 g/mol. The normalized spacial score (nSPS) is 11.5. The number of aromatic amines is 1. The molecule has 0 aliphatic carbocycles. The molecule has 2 aromatic heterocycles. The van der Waals surface area contributed by atoms with Crippen LogP contribution in [0.2, 0.25) is 0 Å². The maximum Gasteiger partial charge on any atom is 0.573 e.